The number of ether oxygens (including phenoxy) is 1. The molecule has 0 aromatic carbocycles. The Morgan fingerprint density at radius 3 is 2.52 bits per heavy atom. The summed E-state index contributed by atoms with van der Waals surface area (Å²) < 4.78 is 6.05. The van der Waals surface area contributed by atoms with Crippen molar-refractivity contribution < 1.29 is 4.74 Å². The maximum Gasteiger partial charge on any atom is 0.0599 e. The molecule has 0 unspecified atom stereocenters. The molecule has 3 N–H and O–H groups in total. The normalized spacial score (nSPS) is 29.9. The number of hydrogen-bond acceptors (Lipinski definition) is 4. The molecular weight excluding hydrogens is 262 g/mol. The molecule has 0 aromatic heterocycles. The van der Waals surface area contributed by atoms with Crippen LogP contribution in [0.25, 0.3) is 0 Å². The van der Waals surface area contributed by atoms with Crippen molar-refractivity contribution in [1.29, 1.82) is 0 Å². The maximum atomic E-state index is 6.05. The Hall–Kier alpha value is -0.160. The fourth-order valence-electron chi connectivity index (χ4n) is 3.28. The number of piperidine rings is 1. The first-order chi connectivity index (χ1) is 10.2. The van der Waals surface area contributed by atoms with Gasteiger partial charge in [0.15, 0.2) is 0 Å². The van der Waals surface area contributed by atoms with Gasteiger partial charge in [0.05, 0.1) is 6.10 Å². The standard InChI is InChI=1S/C17H35N3O/c1-4-13(2)20-14(3)11-19-16-9-15(10-16)12-21-17-5-7-18-8-6-17/h13-20H,4-12H2,1-3H3/t13-,14+,15?,16?/m0/s1. The summed E-state index contributed by atoms with van der Waals surface area (Å²) in [4.78, 5) is 0. The Labute approximate surface area is 130 Å². The topological polar surface area (TPSA) is 45.3 Å². The van der Waals surface area contributed by atoms with Crippen molar-refractivity contribution in [2.24, 2.45) is 5.92 Å². The molecule has 21 heavy (non-hydrogen) atoms. The van der Waals surface area contributed by atoms with Crippen LogP contribution in [0.2, 0.25) is 0 Å². The second-order valence-corrected chi connectivity index (χ2v) is 7.10. The molecule has 4 heteroatoms. The fraction of sp³-hybridized carbons (Fsp3) is 1.00. The second-order valence-electron chi connectivity index (χ2n) is 7.10. The predicted octanol–water partition coefficient (Wildman–Crippen LogP) is 1.90. The van der Waals surface area contributed by atoms with Gasteiger partial charge in [-0.25, -0.2) is 0 Å². The van der Waals surface area contributed by atoms with Gasteiger partial charge in [0, 0.05) is 31.3 Å². The quantitative estimate of drug-likeness (QED) is 0.608. The van der Waals surface area contributed by atoms with Gasteiger partial charge in [-0.1, -0.05) is 6.92 Å². The van der Waals surface area contributed by atoms with Crippen LogP contribution in [0, 0.1) is 5.92 Å². The van der Waals surface area contributed by atoms with Crippen LogP contribution >= 0.6 is 0 Å². The highest BCUT2D eigenvalue weighted by atomic mass is 16.5. The highest BCUT2D eigenvalue weighted by Gasteiger charge is 2.29. The summed E-state index contributed by atoms with van der Waals surface area (Å²) in [7, 11) is 0. The number of nitrogens with one attached hydrogen (secondary N) is 3. The van der Waals surface area contributed by atoms with E-state index in [2.05, 4.69) is 36.7 Å². The minimum absolute atomic E-state index is 0.512. The van der Waals surface area contributed by atoms with Crippen LogP contribution in [0.3, 0.4) is 0 Å². The highest BCUT2D eigenvalue weighted by Crippen LogP contribution is 2.28. The van der Waals surface area contributed by atoms with Gasteiger partial charge in [-0.05, 0) is 65.0 Å². The molecule has 1 aliphatic heterocycles. The Morgan fingerprint density at radius 2 is 1.86 bits per heavy atom. The Morgan fingerprint density at radius 1 is 1.14 bits per heavy atom. The molecule has 1 saturated heterocycles. The Kier molecular flexibility index (Phi) is 7.44. The Balaban J connectivity index is 1.47. The van der Waals surface area contributed by atoms with Crippen LogP contribution in [0.15, 0.2) is 0 Å². The molecule has 124 valence electrons. The SMILES string of the molecule is CC[C@H](C)N[C@H](C)CNC1CC(COC2CCNCC2)C1. The van der Waals surface area contributed by atoms with Gasteiger partial charge < -0.3 is 20.7 Å². The lowest BCUT2D eigenvalue weighted by Gasteiger charge is -2.38. The van der Waals surface area contributed by atoms with Crippen molar-refractivity contribution in [3.05, 3.63) is 0 Å². The summed E-state index contributed by atoms with van der Waals surface area (Å²) in [6.45, 7) is 11.1. The van der Waals surface area contributed by atoms with Crippen molar-refractivity contribution in [3.8, 4) is 0 Å². The molecular formula is C17H35N3O. The molecule has 4 nitrogen and oxygen atoms in total. The van der Waals surface area contributed by atoms with E-state index in [1.165, 1.54) is 32.1 Å². The molecule has 0 bridgehead atoms. The minimum atomic E-state index is 0.512. The zero-order valence-electron chi connectivity index (χ0n) is 14.2. The first-order valence-corrected chi connectivity index (χ1v) is 8.99. The van der Waals surface area contributed by atoms with E-state index >= 15 is 0 Å². The number of hydrogen-bond donors (Lipinski definition) is 3. The van der Waals surface area contributed by atoms with Gasteiger partial charge >= 0.3 is 0 Å². The summed E-state index contributed by atoms with van der Waals surface area (Å²) in [6, 6.07) is 1.90. The second kappa shape index (κ2) is 9.09. The van der Waals surface area contributed by atoms with E-state index in [0.717, 1.165) is 32.2 Å². The Bertz CT molecular complexity index is 275. The summed E-state index contributed by atoms with van der Waals surface area (Å²) in [5.41, 5.74) is 0. The first-order valence-electron chi connectivity index (χ1n) is 8.99. The van der Waals surface area contributed by atoms with E-state index in [4.69, 9.17) is 4.74 Å². The lowest BCUT2D eigenvalue weighted by Crippen LogP contribution is -2.49. The van der Waals surface area contributed by atoms with E-state index in [-0.39, 0.29) is 0 Å². The molecule has 2 aliphatic rings. The lowest BCUT2D eigenvalue weighted by molar-refractivity contribution is -0.0114. The lowest BCUT2D eigenvalue weighted by atomic mass is 9.80. The smallest absolute Gasteiger partial charge is 0.0599 e. The first kappa shape index (κ1) is 17.2. The molecule has 1 saturated carbocycles. The van der Waals surface area contributed by atoms with Gasteiger partial charge in [0.2, 0.25) is 0 Å². The van der Waals surface area contributed by atoms with E-state index in [1.807, 2.05) is 0 Å². The summed E-state index contributed by atoms with van der Waals surface area (Å²) in [5, 5.41) is 10.7. The fourth-order valence-corrected chi connectivity index (χ4v) is 3.28. The third-order valence-corrected chi connectivity index (χ3v) is 4.98. The van der Waals surface area contributed by atoms with Crippen LogP contribution in [0.1, 0.15) is 52.9 Å². The molecule has 1 aliphatic carbocycles. The van der Waals surface area contributed by atoms with Gasteiger partial charge in [-0.2, -0.15) is 0 Å². The zero-order chi connectivity index (χ0) is 15.1. The van der Waals surface area contributed by atoms with E-state index < -0.39 is 0 Å². The van der Waals surface area contributed by atoms with Crippen LogP contribution in [0.5, 0.6) is 0 Å². The van der Waals surface area contributed by atoms with Gasteiger partial charge in [-0.3, -0.25) is 0 Å². The van der Waals surface area contributed by atoms with Crippen LogP contribution in [-0.2, 0) is 4.74 Å². The highest BCUT2D eigenvalue weighted by molar-refractivity contribution is 4.86. The van der Waals surface area contributed by atoms with Gasteiger partial charge in [-0.15, -0.1) is 0 Å². The van der Waals surface area contributed by atoms with Crippen LogP contribution in [-0.4, -0.2) is 50.5 Å². The van der Waals surface area contributed by atoms with Crippen molar-refractivity contribution in [1.82, 2.24) is 16.0 Å². The monoisotopic (exact) mass is 297 g/mol. The minimum Gasteiger partial charge on any atom is -0.378 e. The van der Waals surface area contributed by atoms with E-state index in [9.17, 15) is 0 Å². The summed E-state index contributed by atoms with van der Waals surface area (Å²) in [5.74, 6) is 0.787. The van der Waals surface area contributed by atoms with Crippen LogP contribution in [0.4, 0.5) is 0 Å². The predicted molar refractivity (Wildman–Crippen MR) is 88.7 cm³/mol. The van der Waals surface area contributed by atoms with Gasteiger partial charge in [0.25, 0.3) is 0 Å². The van der Waals surface area contributed by atoms with Crippen molar-refractivity contribution in [2.75, 3.05) is 26.2 Å². The zero-order valence-corrected chi connectivity index (χ0v) is 14.2. The average molecular weight is 297 g/mol. The molecule has 2 fully saturated rings. The van der Waals surface area contributed by atoms with Crippen molar-refractivity contribution in [3.63, 3.8) is 0 Å². The third-order valence-electron chi connectivity index (χ3n) is 4.98. The maximum absolute atomic E-state index is 6.05. The summed E-state index contributed by atoms with van der Waals surface area (Å²) >= 11 is 0. The largest absolute Gasteiger partial charge is 0.378 e. The van der Waals surface area contributed by atoms with Crippen molar-refractivity contribution in [2.45, 2.75) is 77.1 Å². The molecule has 1 heterocycles. The number of rotatable bonds is 9. The van der Waals surface area contributed by atoms with Crippen molar-refractivity contribution >= 4 is 0 Å². The molecule has 0 radical (unpaired) electrons. The van der Waals surface area contributed by atoms with E-state index in [0.29, 0.717) is 24.2 Å². The molecule has 0 spiro atoms. The van der Waals surface area contributed by atoms with E-state index in [1.54, 1.807) is 0 Å². The van der Waals surface area contributed by atoms with Gasteiger partial charge in [0.1, 0.15) is 0 Å². The van der Waals surface area contributed by atoms with Crippen LogP contribution < -0.4 is 16.0 Å². The molecule has 0 aromatic rings. The molecule has 2 rings (SSSR count). The summed E-state index contributed by atoms with van der Waals surface area (Å²) in [6.07, 6.45) is 6.67. The third kappa shape index (κ3) is 6.23. The molecule has 0 amide bonds. The molecule has 2 atom stereocenters. The average Bonchev–Trinajstić information content (AvgIpc) is 2.46.